The molecule has 0 saturated carbocycles. The van der Waals surface area contributed by atoms with Crippen LogP contribution in [0.2, 0.25) is 0 Å². The lowest BCUT2D eigenvalue weighted by atomic mass is 10.1. The molecule has 1 aliphatic heterocycles. The summed E-state index contributed by atoms with van der Waals surface area (Å²) in [4.78, 5) is 14.2. The van der Waals surface area contributed by atoms with Gasteiger partial charge in [-0.3, -0.25) is 4.79 Å². The van der Waals surface area contributed by atoms with E-state index in [-0.39, 0.29) is 11.9 Å². The molecule has 1 heterocycles. The fourth-order valence-corrected chi connectivity index (χ4v) is 2.22. The molecule has 1 aromatic rings. The molecule has 0 aliphatic carbocycles. The zero-order valence-electron chi connectivity index (χ0n) is 13.1. The Hall–Kier alpha value is -1.59. The maximum Gasteiger partial charge on any atom is 0.176 e. The predicted molar refractivity (Wildman–Crippen MR) is 85.4 cm³/mol. The summed E-state index contributed by atoms with van der Waals surface area (Å²) in [7, 11) is 4.03. The van der Waals surface area contributed by atoms with Crippen LogP contribution in [0.25, 0.3) is 0 Å². The maximum atomic E-state index is 12.2. The van der Waals surface area contributed by atoms with E-state index in [4.69, 9.17) is 4.74 Å². The number of hydrogen-bond acceptors (Lipinski definition) is 5. The van der Waals surface area contributed by atoms with Crippen LogP contribution in [-0.4, -0.2) is 57.1 Å². The summed E-state index contributed by atoms with van der Waals surface area (Å²) in [6, 6.07) is 5.61. The molecule has 2 rings (SSSR count). The van der Waals surface area contributed by atoms with Gasteiger partial charge in [-0.15, -0.1) is 0 Å². The Balaban J connectivity index is 1.91. The summed E-state index contributed by atoms with van der Waals surface area (Å²) in [6.07, 6.45) is 1.19. The Labute approximate surface area is 126 Å². The summed E-state index contributed by atoms with van der Waals surface area (Å²) < 4.78 is 5.85. The quantitative estimate of drug-likeness (QED) is 0.590. The molecule has 1 atom stereocenters. The van der Waals surface area contributed by atoms with Gasteiger partial charge in [-0.1, -0.05) is 6.92 Å². The van der Waals surface area contributed by atoms with Gasteiger partial charge in [-0.05, 0) is 38.7 Å². The van der Waals surface area contributed by atoms with Gasteiger partial charge >= 0.3 is 0 Å². The van der Waals surface area contributed by atoms with Crippen LogP contribution in [-0.2, 0) is 0 Å². The van der Waals surface area contributed by atoms with E-state index in [1.165, 1.54) is 0 Å². The molecule has 5 nitrogen and oxygen atoms in total. The Morgan fingerprint density at radius 3 is 3.00 bits per heavy atom. The highest BCUT2D eigenvalue weighted by Gasteiger charge is 2.18. The molecular weight excluding hydrogens is 266 g/mol. The number of ether oxygens (including phenoxy) is 1. The minimum absolute atomic E-state index is 0.107. The summed E-state index contributed by atoms with van der Waals surface area (Å²) in [6.45, 7) is 5.00. The number of nitrogens with zero attached hydrogens (tertiary/aromatic N) is 1. The molecule has 1 aliphatic rings. The predicted octanol–water partition coefficient (Wildman–Crippen LogP) is 1.60. The zero-order chi connectivity index (χ0) is 15.2. The summed E-state index contributed by atoms with van der Waals surface area (Å²) >= 11 is 0. The molecule has 116 valence electrons. The largest absolute Gasteiger partial charge is 0.486 e. The van der Waals surface area contributed by atoms with Crippen molar-refractivity contribution in [3.63, 3.8) is 0 Å². The summed E-state index contributed by atoms with van der Waals surface area (Å²) in [5, 5.41) is 6.51. The molecule has 2 N–H and O–H groups in total. The van der Waals surface area contributed by atoms with Gasteiger partial charge in [0.25, 0.3) is 0 Å². The molecule has 0 spiro atoms. The fourth-order valence-electron chi connectivity index (χ4n) is 2.22. The number of Topliss-reactive ketones (excluding diaryl/α,β-unsaturated/α-hetero) is 1. The van der Waals surface area contributed by atoms with Crippen LogP contribution in [0.1, 0.15) is 23.7 Å². The van der Waals surface area contributed by atoms with Crippen molar-refractivity contribution in [1.82, 2.24) is 10.2 Å². The van der Waals surface area contributed by atoms with Crippen LogP contribution in [0, 0.1) is 0 Å². The van der Waals surface area contributed by atoms with Gasteiger partial charge in [0.05, 0.1) is 18.8 Å². The fraction of sp³-hybridized carbons (Fsp3) is 0.562. The van der Waals surface area contributed by atoms with E-state index in [1.54, 1.807) is 0 Å². The van der Waals surface area contributed by atoms with E-state index in [0.717, 1.165) is 43.1 Å². The van der Waals surface area contributed by atoms with E-state index >= 15 is 0 Å². The van der Waals surface area contributed by atoms with Crippen molar-refractivity contribution in [2.24, 2.45) is 0 Å². The van der Waals surface area contributed by atoms with Crippen LogP contribution in [0.3, 0.4) is 0 Å². The number of anilines is 1. The Bertz CT molecular complexity index is 488. The minimum Gasteiger partial charge on any atom is -0.486 e. The number of hydrogen-bond donors (Lipinski definition) is 2. The molecule has 1 aromatic carbocycles. The lowest BCUT2D eigenvalue weighted by Crippen LogP contribution is -2.31. The van der Waals surface area contributed by atoms with E-state index in [0.29, 0.717) is 6.54 Å². The highest BCUT2D eigenvalue weighted by atomic mass is 16.5. The third-order valence-electron chi connectivity index (χ3n) is 3.59. The SMILES string of the molecule is CCC1CNc2cc(C(=O)CNCCN(C)C)ccc2O1. The van der Waals surface area contributed by atoms with E-state index < -0.39 is 0 Å². The number of carbonyl (C=O) groups excluding carboxylic acids is 1. The van der Waals surface area contributed by atoms with Crippen LogP contribution >= 0.6 is 0 Å². The lowest BCUT2D eigenvalue weighted by molar-refractivity contribution is 0.0990. The molecule has 0 bridgehead atoms. The molecule has 21 heavy (non-hydrogen) atoms. The monoisotopic (exact) mass is 291 g/mol. The van der Waals surface area contributed by atoms with Crippen molar-refractivity contribution in [1.29, 1.82) is 0 Å². The number of fused-ring (bicyclic) bond motifs is 1. The van der Waals surface area contributed by atoms with Crippen molar-refractivity contribution >= 4 is 11.5 Å². The molecule has 0 saturated heterocycles. The van der Waals surface area contributed by atoms with Crippen LogP contribution < -0.4 is 15.4 Å². The Morgan fingerprint density at radius 1 is 1.48 bits per heavy atom. The molecule has 5 heteroatoms. The lowest BCUT2D eigenvalue weighted by Gasteiger charge is -2.26. The normalized spacial score (nSPS) is 17.0. The van der Waals surface area contributed by atoms with E-state index in [1.807, 2.05) is 32.3 Å². The maximum absolute atomic E-state index is 12.2. The van der Waals surface area contributed by atoms with Gasteiger partial charge in [-0.25, -0.2) is 0 Å². The molecule has 0 aromatic heterocycles. The molecular formula is C16H25N3O2. The number of ketones is 1. The highest BCUT2D eigenvalue weighted by molar-refractivity contribution is 5.98. The summed E-state index contributed by atoms with van der Waals surface area (Å²) in [5.74, 6) is 0.946. The van der Waals surface area contributed by atoms with Crippen molar-refractivity contribution in [3.05, 3.63) is 23.8 Å². The first-order valence-corrected chi connectivity index (χ1v) is 7.53. The van der Waals surface area contributed by atoms with Gasteiger partial charge < -0.3 is 20.3 Å². The first-order valence-electron chi connectivity index (χ1n) is 7.53. The van der Waals surface area contributed by atoms with Crippen molar-refractivity contribution < 1.29 is 9.53 Å². The van der Waals surface area contributed by atoms with Crippen LogP contribution in [0.15, 0.2) is 18.2 Å². The average Bonchev–Trinajstić information content (AvgIpc) is 2.50. The first-order chi connectivity index (χ1) is 10.1. The smallest absolute Gasteiger partial charge is 0.176 e. The average molecular weight is 291 g/mol. The second-order valence-corrected chi connectivity index (χ2v) is 5.64. The number of carbonyl (C=O) groups is 1. The number of benzene rings is 1. The van der Waals surface area contributed by atoms with Gasteiger partial charge in [-0.2, -0.15) is 0 Å². The van der Waals surface area contributed by atoms with Crippen LogP contribution in [0.5, 0.6) is 5.75 Å². The Kier molecular flexibility index (Phi) is 5.59. The third-order valence-corrected chi connectivity index (χ3v) is 3.59. The summed E-state index contributed by atoms with van der Waals surface area (Å²) in [5.41, 5.74) is 1.64. The highest BCUT2D eigenvalue weighted by Crippen LogP contribution is 2.30. The molecule has 0 fully saturated rings. The second-order valence-electron chi connectivity index (χ2n) is 5.64. The molecule has 0 amide bonds. The Morgan fingerprint density at radius 2 is 2.29 bits per heavy atom. The van der Waals surface area contributed by atoms with E-state index in [9.17, 15) is 4.79 Å². The third kappa shape index (κ3) is 4.44. The van der Waals surface area contributed by atoms with Gasteiger partial charge in [0.15, 0.2) is 5.78 Å². The van der Waals surface area contributed by atoms with E-state index in [2.05, 4.69) is 22.5 Å². The number of likely N-dealkylation sites (N-methyl/N-ethyl adjacent to an activating group) is 1. The number of rotatable bonds is 7. The van der Waals surface area contributed by atoms with Gasteiger partial charge in [0.2, 0.25) is 0 Å². The standard InChI is InChI=1S/C16H25N3O2/c1-4-13-10-18-14-9-12(5-6-16(14)21-13)15(20)11-17-7-8-19(2)3/h5-6,9,13,17-18H,4,7-8,10-11H2,1-3H3. The molecule has 1 unspecified atom stereocenters. The van der Waals surface area contributed by atoms with Crippen molar-refractivity contribution in [2.75, 3.05) is 45.6 Å². The van der Waals surface area contributed by atoms with Crippen LogP contribution in [0.4, 0.5) is 5.69 Å². The van der Waals surface area contributed by atoms with Crippen molar-refractivity contribution in [2.45, 2.75) is 19.4 Å². The molecule has 0 radical (unpaired) electrons. The van der Waals surface area contributed by atoms with Crippen molar-refractivity contribution in [3.8, 4) is 5.75 Å². The number of nitrogens with one attached hydrogen (secondary N) is 2. The second kappa shape index (κ2) is 7.43. The first kappa shape index (κ1) is 15.8. The minimum atomic E-state index is 0.107. The topological polar surface area (TPSA) is 53.6 Å². The van der Waals surface area contributed by atoms with Gasteiger partial charge in [0, 0.05) is 18.7 Å². The zero-order valence-corrected chi connectivity index (χ0v) is 13.1. The van der Waals surface area contributed by atoms with Gasteiger partial charge in [0.1, 0.15) is 11.9 Å².